The first-order valence-electron chi connectivity index (χ1n) is 4.33. The molecule has 0 bridgehead atoms. The molecular formula is C8H7ClN4O2S2. The number of aromatic nitrogens is 2. The Bertz CT molecular complexity index is 627. The Kier molecular flexibility index (Phi) is 3.18. The standard InChI is InChI=1S/C8H7ClN4O2S2/c9-6-3-5(10)1-2-7(6)17(14,15)13-8-12-11-4-16-8/h1-4H,10H2,(H,12,13). The normalized spacial score (nSPS) is 11.4. The number of benzene rings is 1. The molecule has 0 aliphatic rings. The molecule has 0 saturated heterocycles. The molecule has 0 saturated carbocycles. The molecule has 6 nitrogen and oxygen atoms in total. The van der Waals surface area contributed by atoms with Crippen molar-refractivity contribution in [3.05, 3.63) is 28.7 Å². The molecule has 3 N–H and O–H groups in total. The number of nitrogen functional groups attached to an aromatic ring is 1. The lowest BCUT2D eigenvalue weighted by Gasteiger charge is -2.06. The van der Waals surface area contributed by atoms with Gasteiger partial charge in [0.25, 0.3) is 10.0 Å². The molecule has 2 aromatic rings. The third-order valence-corrected chi connectivity index (χ3v) is 4.38. The van der Waals surface area contributed by atoms with Crippen LogP contribution >= 0.6 is 22.9 Å². The average Bonchev–Trinajstić information content (AvgIpc) is 2.68. The van der Waals surface area contributed by atoms with Crippen LogP contribution in [0.25, 0.3) is 0 Å². The summed E-state index contributed by atoms with van der Waals surface area (Å²) < 4.78 is 26.1. The van der Waals surface area contributed by atoms with E-state index in [1.165, 1.54) is 23.7 Å². The molecule has 0 aliphatic carbocycles. The highest BCUT2D eigenvalue weighted by Crippen LogP contribution is 2.25. The number of nitrogens with one attached hydrogen (secondary N) is 1. The van der Waals surface area contributed by atoms with Crippen molar-refractivity contribution in [2.24, 2.45) is 0 Å². The van der Waals surface area contributed by atoms with E-state index in [2.05, 4.69) is 14.9 Å². The van der Waals surface area contributed by atoms with Crippen molar-refractivity contribution >= 4 is 43.8 Å². The summed E-state index contributed by atoms with van der Waals surface area (Å²) in [6, 6.07) is 4.16. The highest BCUT2D eigenvalue weighted by Gasteiger charge is 2.19. The fourth-order valence-corrected chi connectivity index (χ4v) is 3.37. The number of nitrogens with two attached hydrogens (primary N) is 1. The predicted molar refractivity (Wildman–Crippen MR) is 66.6 cm³/mol. The van der Waals surface area contributed by atoms with Crippen LogP contribution < -0.4 is 10.5 Å². The van der Waals surface area contributed by atoms with Gasteiger partial charge in [0.2, 0.25) is 5.13 Å². The van der Waals surface area contributed by atoms with Crippen LogP contribution in [-0.4, -0.2) is 18.6 Å². The third kappa shape index (κ3) is 2.65. The monoisotopic (exact) mass is 290 g/mol. The zero-order chi connectivity index (χ0) is 12.5. The van der Waals surface area contributed by atoms with Gasteiger partial charge in [-0.25, -0.2) is 8.42 Å². The Labute approximate surface area is 106 Å². The van der Waals surface area contributed by atoms with Crippen LogP contribution in [0.15, 0.2) is 28.6 Å². The van der Waals surface area contributed by atoms with Gasteiger partial charge in [0.15, 0.2) is 0 Å². The van der Waals surface area contributed by atoms with Gasteiger partial charge in [-0.15, -0.1) is 10.2 Å². The van der Waals surface area contributed by atoms with E-state index in [1.807, 2.05) is 0 Å². The van der Waals surface area contributed by atoms with Crippen molar-refractivity contribution in [3.63, 3.8) is 0 Å². The van der Waals surface area contributed by atoms with Crippen LogP contribution in [0.4, 0.5) is 10.8 Å². The van der Waals surface area contributed by atoms with Gasteiger partial charge in [0.05, 0.1) is 5.02 Å². The smallest absolute Gasteiger partial charge is 0.265 e. The number of anilines is 2. The summed E-state index contributed by atoms with van der Waals surface area (Å²) in [7, 11) is -3.76. The van der Waals surface area contributed by atoms with Gasteiger partial charge in [0.1, 0.15) is 10.4 Å². The zero-order valence-electron chi connectivity index (χ0n) is 8.29. The maximum Gasteiger partial charge on any atom is 0.265 e. The van der Waals surface area contributed by atoms with E-state index in [-0.39, 0.29) is 15.0 Å². The lowest BCUT2D eigenvalue weighted by Crippen LogP contribution is -2.13. The number of hydrogen-bond donors (Lipinski definition) is 2. The lowest BCUT2D eigenvalue weighted by molar-refractivity contribution is 0.601. The van der Waals surface area contributed by atoms with Crippen molar-refractivity contribution in [2.75, 3.05) is 10.5 Å². The highest BCUT2D eigenvalue weighted by molar-refractivity contribution is 7.93. The number of nitrogens with zero attached hydrogens (tertiary/aromatic N) is 2. The van der Waals surface area contributed by atoms with Crippen LogP contribution in [0, 0.1) is 0 Å². The first-order chi connectivity index (χ1) is 7.99. The summed E-state index contributed by atoms with van der Waals surface area (Å²) in [5, 5.41) is 7.35. The molecular weight excluding hydrogens is 284 g/mol. The van der Waals surface area contributed by atoms with E-state index in [4.69, 9.17) is 17.3 Å². The molecule has 2 rings (SSSR count). The molecule has 17 heavy (non-hydrogen) atoms. The molecule has 1 aromatic carbocycles. The van der Waals surface area contributed by atoms with Gasteiger partial charge in [-0.3, -0.25) is 4.72 Å². The molecule has 0 fully saturated rings. The van der Waals surface area contributed by atoms with Crippen molar-refractivity contribution < 1.29 is 8.42 Å². The molecule has 9 heteroatoms. The Morgan fingerprint density at radius 2 is 2.18 bits per heavy atom. The summed E-state index contributed by atoms with van der Waals surface area (Å²) in [4.78, 5) is -0.0523. The maximum atomic E-state index is 11.9. The van der Waals surface area contributed by atoms with E-state index in [0.717, 1.165) is 11.3 Å². The topological polar surface area (TPSA) is 98.0 Å². The van der Waals surface area contributed by atoms with Gasteiger partial charge >= 0.3 is 0 Å². The van der Waals surface area contributed by atoms with Crippen LogP contribution in [0.5, 0.6) is 0 Å². The molecule has 0 atom stereocenters. The van der Waals surface area contributed by atoms with E-state index in [9.17, 15) is 8.42 Å². The first-order valence-corrected chi connectivity index (χ1v) is 7.07. The third-order valence-electron chi connectivity index (χ3n) is 1.83. The summed E-state index contributed by atoms with van der Waals surface area (Å²) >= 11 is 6.90. The second-order valence-corrected chi connectivity index (χ2v) is 5.93. The summed E-state index contributed by atoms with van der Waals surface area (Å²) in [5.41, 5.74) is 7.30. The fraction of sp³-hybridized carbons (Fsp3) is 0. The molecule has 0 radical (unpaired) electrons. The summed E-state index contributed by atoms with van der Waals surface area (Å²) in [6.45, 7) is 0. The van der Waals surface area contributed by atoms with Crippen LogP contribution in [0.3, 0.4) is 0 Å². The van der Waals surface area contributed by atoms with E-state index >= 15 is 0 Å². The van der Waals surface area contributed by atoms with E-state index < -0.39 is 10.0 Å². The molecule has 0 amide bonds. The maximum absolute atomic E-state index is 11.9. The van der Waals surface area contributed by atoms with E-state index in [1.54, 1.807) is 0 Å². The van der Waals surface area contributed by atoms with Gasteiger partial charge < -0.3 is 5.73 Å². The van der Waals surface area contributed by atoms with Crippen molar-refractivity contribution in [3.8, 4) is 0 Å². The largest absolute Gasteiger partial charge is 0.399 e. The Balaban J connectivity index is 2.38. The Morgan fingerprint density at radius 1 is 1.41 bits per heavy atom. The van der Waals surface area contributed by atoms with Gasteiger partial charge in [-0.1, -0.05) is 22.9 Å². The zero-order valence-corrected chi connectivity index (χ0v) is 10.7. The number of halogens is 1. The first kappa shape index (κ1) is 12.1. The second-order valence-electron chi connectivity index (χ2n) is 3.04. The number of hydrogen-bond acceptors (Lipinski definition) is 6. The second kappa shape index (κ2) is 4.47. The predicted octanol–water partition coefficient (Wildman–Crippen LogP) is 1.57. The highest BCUT2D eigenvalue weighted by atomic mass is 35.5. The van der Waals surface area contributed by atoms with Crippen molar-refractivity contribution in [1.82, 2.24) is 10.2 Å². The quantitative estimate of drug-likeness (QED) is 0.836. The van der Waals surface area contributed by atoms with Gasteiger partial charge in [-0.05, 0) is 18.2 Å². The minimum atomic E-state index is -3.76. The number of rotatable bonds is 3. The van der Waals surface area contributed by atoms with Gasteiger partial charge in [-0.2, -0.15) is 0 Å². The molecule has 0 aliphatic heterocycles. The minimum absolute atomic E-state index is 0.0523. The summed E-state index contributed by atoms with van der Waals surface area (Å²) in [6.07, 6.45) is 0. The summed E-state index contributed by atoms with van der Waals surface area (Å²) in [5.74, 6) is 0. The van der Waals surface area contributed by atoms with Crippen LogP contribution in [0.1, 0.15) is 0 Å². The fourth-order valence-electron chi connectivity index (χ4n) is 1.12. The minimum Gasteiger partial charge on any atom is -0.399 e. The molecule has 1 aromatic heterocycles. The average molecular weight is 291 g/mol. The van der Waals surface area contributed by atoms with Crippen LogP contribution in [0.2, 0.25) is 5.02 Å². The Hall–Kier alpha value is -1.38. The van der Waals surface area contributed by atoms with Crippen LogP contribution in [-0.2, 0) is 10.0 Å². The molecule has 90 valence electrons. The number of sulfonamides is 1. The van der Waals surface area contributed by atoms with E-state index in [0.29, 0.717) is 5.69 Å². The molecule has 0 spiro atoms. The van der Waals surface area contributed by atoms with Crippen molar-refractivity contribution in [2.45, 2.75) is 4.90 Å². The SMILES string of the molecule is Nc1ccc(S(=O)(=O)Nc2nncs2)c(Cl)c1. The molecule has 0 unspecified atom stereocenters. The lowest BCUT2D eigenvalue weighted by atomic mass is 10.3. The molecule has 1 heterocycles. The van der Waals surface area contributed by atoms with Gasteiger partial charge in [0, 0.05) is 5.69 Å². The van der Waals surface area contributed by atoms with Crippen molar-refractivity contribution in [1.29, 1.82) is 0 Å². The Morgan fingerprint density at radius 3 is 2.76 bits per heavy atom.